The average Bonchev–Trinajstić information content (AvgIpc) is 2.72. The Balaban J connectivity index is 1.61. The summed E-state index contributed by atoms with van der Waals surface area (Å²) in [6.07, 6.45) is -1.74. The third-order valence-electron chi connectivity index (χ3n) is 3.83. The third kappa shape index (κ3) is 5.50. The molecule has 1 N–H and O–H groups in total. The summed E-state index contributed by atoms with van der Waals surface area (Å²) in [7, 11) is 0. The molecule has 140 valence electrons. The van der Waals surface area contributed by atoms with Crippen LogP contribution in [0.1, 0.15) is 17.2 Å². The van der Waals surface area contributed by atoms with Crippen LogP contribution < -0.4 is 10.1 Å². The maximum absolute atomic E-state index is 12.1. The minimum Gasteiger partial charge on any atom is -0.457 e. The van der Waals surface area contributed by atoms with Gasteiger partial charge in [0.2, 0.25) is 6.10 Å². The Bertz CT molecular complexity index is 969. The molecule has 1 atom stereocenters. The maximum Gasteiger partial charge on any atom is 0.409 e. The van der Waals surface area contributed by atoms with Gasteiger partial charge in [-0.1, -0.05) is 54.1 Å². The summed E-state index contributed by atoms with van der Waals surface area (Å²) in [6, 6.07) is 25.2. The average molecular weight is 393 g/mol. The van der Waals surface area contributed by atoms with Crippen molar-refractivity contribution in [1.82, 2.24) is 5.32 Å². The Morgan fingerprint density at radius 1 is 1.00 bits per heavy atom. The summed E-state index contributed by atoms with van der Waals surface area (Å²) in [4.78, 5) is 12.1. The van der Waals surface area contributed by atoms with E-state index in [4.69, 9.17) is 21.1 Å². The fraction of sp³-hybridized carbons (Fsp3) is 0.0909. The van der Waals surface area contributed by atoms with Crippen molar-refractivity contribution in [2.45, 2.75) is 12.6 Å². The van der Waals surface area contributed by atoms with Crippen LogP contribution in [-0.2, 0) is 11.3 Å². The van der Waals surface area contributed by atoms with Gasteiger partial charge in [0.1, 0.15) is 17.6 Å². The molecule has 3 aromatic rings. The van der Waals surface area contributed by atoms with Gasteiger partial charge in [-0.2, -0.15) is 5.26 Å². The van der Waals surface area contributed by atoms with Gasteiger partial charge in [-0.15, -0.1) is 0 Å². The summed E-state index contributed by atoms with van der Waals surface area (Å²) in [5, 5.41) is 12.7. The lowest BCUT2D eigenvalue weighted by Gasteiger charge is -2.13. The van der Waals surface area contributed by atoms with Crippen LogP contribution in [0.15, 0.2) is 78.9 Å². The summed E-state index contributed by atoms with van der Waals surface area (Å²) in [6.45, 7) is 0.269. The molecule has 1 amide bonds. The first-order valence-electron chi connectivity index (χ1n) is 8.55. The van der Waals surface area contributed by atoms with Crippen LogP contribution in [0, 0.1) is 11.3 Å². The van der Waals surface area contributed by atoms with Crippen molar-refractivity contribution in [2.24, 2.45) is 0 Å². The van der Waals surface area contributed by atoms with Gasteiger partial charge in [-0.05, 0) is 42.0 Å². The van der Waals surface area contributed by atoms with Gasteiger partial charge >= 0.3 is 6.09 Å². The lowest BCUT2D eigenvalue weighted by atomic mass is 10.1. The molecule has 0 heterocycles. The second kappa shape index (κ2) is 9.45. The van der Waals surface area contributed by atoms with E-state index in [2.05, 4.69) is 5.32 Å². The van der Waals surface area contributed by atoms with Crippen LogP contribution in [0.2, 0.25) is 5.02 Å². The Kier molecular flexibility index (Phi) is 6.50. The Hall–Kier alpha value is -3.49. The number of hydrogen-bond donors (Lipinski definition) is 1. The van der Waals surface area contributed by atoms with Gasteiger partial charge < -0.3 is 14.8 Å². The summed E-state index contributed by atoms with van der Waals surface area (Å²) in [5.41, 5.74) is 1.39. The number of nitrogens with one attached hydrogen (secondary N) is 1. The highest BCUT2D eigenvalue weighted by Gasteiger charge is 2.16. The Morgan fingerprint density at radius 2 is 1.71 bits per heavy atom. The molecule has 0 spiro atoms. The third-order valence-corrected chi connectivity index (χ3v) is 4.08. The van der Waals surface area contributed by atoms with E-state index in [-0.39, 0.29) is 6.54 Å². The molecule has 0 aromatic heterocycles. The van der Waals surface area contributed by atoms with Crippen molar-refractivity contribution < 1.29 is 14.3 Å². The predicted octanol–water partition coefficient (Wildman–Crippen LogP) is 5.62. The molecule has 0 radical (unpaired) electrons. The molecule has 0 aliphatic rings. The number of carbonyl (C=O) groups is 1. The number of ether oxygens (including phenoxy) is 2. The van der Waals surface area contributed by atoms with Crippen LogP contribution in [0.5, 0.6) is 11.5 Å². The molecule has 0 saturated heterocycles. The van der Waals surface area contributed by atoms with Gasteiger partial charge in [0.05, 0.1) is 0 Å². The number of benzene rings is 3. The normalized spacial score (nSPS) is 11.1. The number of nitriles is 1. The van der Waals surface area contributed by atoms with E-state index in [0.29, 0.717) is 22.1 Å². The van der Waals surface area contributed by atoms with Crippen LogP contribution in [0.3, 0.4) is 0 Å². The lowest BCUT2D eigenvalue weighted by molar-refractivity contribution is 0.122. The molecule has 1 unspecified atom stereocenters. The highest BCUT2D eigenvalue weighted by Crippen LogP contribution is 2.26. The predicted molar refractivity (Wildman–Crippen MR) is 106 cm³/mol. The first kappa shape index (κ1) is 19.3. The second-order valence-electron chi connectivity index (χ2n) is 5.88. The van der Waals surface area contributed by atoms with Crippen molar-refractivity contribution in [1.29, 1.82) is 5.26 Å². The topological polar surface area (TPSA) is 71.3 Å². The van der Waals surface area contributed by atoms with Gasteiger partial charge in [0.15, 0.2) is 0 Å². The number of carbonyl (C=O) groups excluding carboxylic acids is 1. The summed E-state index contributed by atoms with van der Waals surface area (Å²) in [5.74, 6) is 1.23. The van der Waals surface area contributed by atoms with E-state index in [9.17, 15) is 10.1 Å². The molecule has 0 aliphatic carbocycles. The quantitative estimate of drug-likeness (QED) is 0.590. The molecule has 6 heteroatoms. The Morgan fingerprint density at radius 3 is 2.43 bits per heavy atom. The molecule has 0 saturated carbocycles. The minimum absolute atomic E-state index is 0.269. The van der Waals surface area contributed by atoms with Crippen molar-refractivity contribution in [3.63, 3.8) is 0 Å². The molecule has 5 nitrogen and oxygen atoms in total. The number of nitrogens with zero attached hydrogens (tertiary/aromatic N) is 1. The summed E-state index contributed by atoms with van der Waals surface area (Å²) >= 11 is 5.84. The largest absolute Gasteiger partial charge is 0.457 e. The fourth-order valence-corrected chi connectivity index (χ4v) is 2.59. The van der Waals surface area contributed by atoms with E-state index < -0.39 is 12.2 Å². The fourth-order valence-electron chi connectivity index (χ4n) is 2.46. The van der Waals surface area contributed by atoms with Gasteiger partial charge in [-0.3, -0.25) is 0 Å². The molecular formula is C22H17ClN2O3. The number of amides is 1. The number of alkyl carbamates (subject to hydrolysis) is 1. The van der Waals surface area contributed by atoms with Gasteiger partial charge in [0, 0.05) is 17.1 Å². The van der Waals surface area contributed by atoms with Gasteiger partial charge in [0.25, 0.3) is 0 Å². The lowest BCUT2D eigenvalue weighted by Crippen LogP contribution is -2.25. The molecular weight excluding hydrogens is 376 g/mol. The number of halogens is 1. The minimum atomic E-state index is -1.05. The van der Waals surface area contributed by atoms with Crippen molar-refractivity contribution in [2.75, 3.05) is 0 Å². The van der Waals surface area contributed by atoms with Crippen molar-refractivity contribution in [3.05, 3.63) is 95.0 Å². The first-order valence-corrected chi connectivity index (χ1v) is 8.93. The molecule has 0 aliphatic heterocycles. The zero-order valence-electron chi connectivity index (χ0n) is 14.8. The highest BCUT2D eigenvalue weighted by molar-refractivity contribution is 6.30. The van der Waals surface area contributed by atoms with E-state index in [1.54, 1.807) is 48.5 Å². The number of para-hydroxylation sites is 1. The molecule has 3 rings (SSSR count). The number of hydrogen-bond acceptors (Lipinski definition) is 4. The number of rotatable bonds is 6. The van der Waals surface area contributed by atoms with E-state index in [1.807, 2.05) is 36.4 Å². The van der Waals surface area contributed by atoms with Gasteiger partial charge in [-0.25, -0.2) is 4.79 Å². The first-order chi connectivity index (χ1) is 13.6. The smallest absolute Gasteiger partial charge is 0.409 e. The summed E-state index contributed by atoms with van der Waals surface area (Å²) < 4.78 is 11.0. The van der Waals surface area contributed by atoms with Crippen molar-refractivity contribution in [3.8, 4) is 17.6 Å². The van der Waals surface area contributed by atoms with Crippen molar-refractivity contribution >= 4 is 17.7 Å². The Labute approximate surface area is 168 Å². The SMILES string of the molecule is N#CC(OC(=O)NCc1ccc(Cl)cc1)c1cccc(Oc2ccccc2)c1. The van der Waals surface area contributed by atoms with E-state index in [1.165, 1.54) is 0 Å². The van der Waals surface area contributed by atoms with E-state index >= 15 is 0 Å². The second-order valence-corrected chi connectivity index (χ2v) is 6.32. The van der Waals surface area contributed by atoms with Crippen LogP contribution in [-0.4, -0.2) is 6.09 Å². The standard InChI is InChI=1S/C22H17ClN2O3/c23-18-11-9-16(10-12-18)15-25-22(26)28-21(14-24)17-5-4-8-20(13-17)27-19-6-2-1-3-7-19/h1-13,21H,15H2,(H,25,26). The van der Waals surface area contributed by atoms with Crippen LogP contribution in [0.4, 0.5) is 4.79 Å². The molecule has 28 heavy (non-hydrogen) atoms. The maximum atomic E-state index is 12.1. The molecule has 3 aromatic carbocycles. The zero-order chi connectivity index (χ0) is 19.8. The van der Waals surface area contributed by atoms with Crippen LogP contribution in [0.25, 0.3) is 0 Å². The molecule has 0 bridgehead atoms. The highest BCUT2D eigenvalue weighted by atomic mass is 35.5. The monoisotopic (exact) mass is 392 g/mol. The van der Waals surface area contributed by atoms with Crippen LogP contribution >= 0.6 is 11.6 Å². The molecule has 0 fully saturated rings. The van der Waals surface area contributed by atoms with E-state index in [0.717, 1.165) is 5.56 Å². The zero-order valence-corrected chi connectivity index (χ0v) is 15.6.